The van der Waals surface area contributed by atoms with Crippen molar-refractivity contribution in [2.24, 2.45) is 0 Å². The fourth-order valence-corrected chi connectivity index (χ4v) is 4.13. The summed E-state index contributed by atoms with van der Waals surface area (Å²) in [5.74, 6) is 1.25. The van der Waals surface area contributed by atoms with Gasteiger partial charge in [0.25, 0.3) is 0 Å². The molecule has 4 nitrogen and oxygen atoms in total. The fraction of sp³-hybridized carbons (Fsp3) is 0.429. The van der Waals surface area contributed by atoms with E-state index in [1.165, 1.54) is 41.7 Å². The molecule has 25 heavy (non-hydrogen) atoms. The highest BCUT2D eigenvalue weighted by Gasteiger charge is 2.27. The minimum Gasteiger partial charge on any atom is -0.327 e. The minimum absolute atomic E-state index is 0.824. The van der Waals surface area contributed by atoms with Gasteiger partial charge in [-0.1, -0.05) is 18.6 Å². The maximum absolute atomic E-state index is 4.92. The largest absolute Gasteiger partial charge is 0.327 e. The Morgan fingerprint density at radius 1 is 1.00 bits per heavy atom. The van der Waals surface area contributed by atoms with Gasteiger partial charge in [-0.15, -0.1) is 0 Å². The van der Waals surface area contributed by atoms with E-state index in [-0.39, 0.29) is 0 Å². The third-order valence-electron chi connectivity index (χ3n) is 5.90. The topological polar surface area (TPSA) is 34.0 Å². The van der Waals surface area contributed by atoms with E-state index in [0.717, 1.165) is 43.3 Å². The standard InChI is InChI=1S/C21H24N4/c1-15-5-6-17(14-22-15)16-7-8-19-20(13-16)25-12-11-24(18-3-2-4-18)10-9-21(25)23-19/h5-8,13-14,18H,2-4,9-12H2,1H3. The highest BCUT2D eigenvalue weighted by atomic mass is 15.2. The van der Waals surface area contributed by atoms with Crippen molar-refractivity contribution in [3.8, 4) is 11.1 Å². The molecule has 0 radical (unpaired) electrons. The van der Waals surface area contributed by atoms with E-state index in [1.54, 1.807) is 0 Å². The van der Waals surface area contributed by atoms with E-state index in [9.17, 15) is 0 Å². The first-order valence-electron chi connectivity index (χ1n) is 9.44. The van der Waals surface area contributed by atoms with E-state index in [4.69, 9.17) is 4.98 Å². The SMILES string of the molecule is Cc1ccc(-c2ccc3nc4n(c3c2)CCN(C2CCC2)CC4)cn1. The molecule has 0 atom stereocenters. The molecule has 2 aromatic heterocycles. The number of aromatic nitrogens is 3. The van der Waals surface area contributed by atoms with Crippen LogP contribution in [0.15, 0.2) is 36.5 Å². The number of nitrogens with zero attached hydrogens (tertiary/aromatic N) is 4. The molecule has 0 saturated heterocycles. The number of hydrogen-bond donors (Lipinski definition) is 0. The average molecular weight is 332 g/mol. The molecule has 0 spiro atoms. The van der Waals surface area contributed by atoms with E-state index in [1.807, 2.05) is 13.1 Å². The van der Waals surface area contributed by atoms with Crippen molar-refractivity contribution in [1.82, 2.24) is 19.4 Å². The van der Waals surface area contributed by atoms with Crippen LogP contribution >= 0.6 is 0 Å². The van der Waals surface area contributed by atoms with Gasteiger partial charge in [-0.25, -0.2) is 4.98 Å². The summed E-state index contributed by atoms with van der Waals surface area (Å²) in [5.41, 5.74) is 5.84. The van der Waals surface area contributed by atoms with Crippen molar-refractivity contribution in [1.29, 1.82) is 0 Å². The van der Waals surface area contributed by atoms with Gasteiger partial charge in [0.15, 0.2) is 0 Å². The van der Waals surface area contributed by atoms with Crippen LogP contribution in [0, 0.1) is 6.92 Å². The van der Waals surface area contributed by atoms with E-state index in [2.05, 4.69) is 44.8 Å². The average Bonchev–Trinajstić information content (AvgIpc) is 2.80. The molecule has 3 aromatic rings. The van der Waals surface area contributed by atoms with E-state index >= 15 is 0 Å². The zero-order valence-electron chi connectivity index (χ0n) is 14.8. The van der Waals surface area contributed by atoms with Crippen molar-refractivity contribution >= 4 is 11.0 Å². The summed E-state index contributed by atoms with van der Waals surface area (Å²) >= 11 is 0. The normalized spacial score (nSPS) is 18.8. The molecule has 1 fully saturated rings. The fourth-order valence-electron chi connectivity index (χ4n) is 4.13. The highest BCUT2D eigenvalue weighted by Crippen LogP contribution is 2.29. The zero-order chi connectivity index (χ0) is 16.8. The Morgan fingerprint density at radius 3 is 2.64 bits per heavy atom. The third-order valence-corrected chi connectivity index (χ3v) is 5.90. The van der Waals surface area contributed by atoms with E-state index < -0.39 is 0 Å². The molecule has 3 heterocycles. The first-order chi connectivity index (χ1) is 12.3. The van der Waals surface area contributed by atoms with Gasteiger partial charge in [0.2, 0.25) is 0 Å². The van der Waals surface area contributed by atoms with Gasteiger partial charge in [0.05, 0.1) is 11.0 Å². The van der Waals surface area contributed by atoms with Crippen molar-refractivity contribution in [2.45, 2.75) is 45.2 Å². The Balaban J connectivity index is 1.50. The number of hydrogen-bond acceptors (Lipinski definition) is 3. The lowest BCUT2D eigenvalue weighted by Crippen LogP contribution is -2.41. The molecule has 0 bridgehead atoms. The molecule has 0 unspecified atom stereocenters. The molecule has 2 aliphatic rings. The minimum atomic E-state index is 0.824. The Bertz CT molecular complexity index is 906. The maximum atomic E-state index is 4.92. The summed E-state index contributed by atoms with van der Waals surface area (Å²) in [6.45, 7) is 5.39. The number of rotatable bonds is 2. The zero-order valence-corrected chi connectivity index (χ0v) is 14.8. The van der Waals surface area contributed by atoms with Crippen LogP contribution in [0.4, 0.5) is 0 Å². The molecular formula is C21H24N4. The Hall–Kier alpha value is -2.20. The Morgan fingerprint density at radius 2 is 1.88 bits per heavy atom. The Kier molecular flexibility index (Phi) is 3.59. The van der Waals surface area contributed by atoms with Gasteiger partial charge in [0.1, 0.15) is 5.82 Å². The molecule has 1 saturated carbocycles. The van der Waals surface area contributed by atoms with E-state index in [0.29, 0.717) is 0 Å². The van der Waals surface area contributed by atoms with Gasteiger partial charge in [-0.05, 0) is 43.5 Å². The second-order valence-corrected chi connectivity index (χ2v) is 7.44. The van der Waals surface area contributed by atoms with Gasteiger partial charge in [0, 0.05) is 49.6 Å². The molecular weight excluding hydrogens is 308 g/mol. The van der Waals surface area contributed by atoms with Crippen LogP contribution in [0.1, 0.15) is 30.8 Å². The van der Waals surface area contributed by atoms with Crippen LogP contribution in [0.3, 0.4) is 0 Å². The summed E-state index contributed by atoms with van der Waals surface area (Å²) in [6.07, 6.45) is 7.20. The monoisotopic (exact) mass is 332 g/mol. The van der Waals surface area contributed by atoms with Crippen LogP contribution in [0.2, 0.25) is 0 Å². The number of aryl methyl sites for hydroxylation is 1. The van der Waals surface area contributed by atoms with Crippen LogP contribution in [-0.4, -0.2) is 38.6 Å². The summed E-state index contributed by atoms with van der Waals surface area (Å²) < 4.78 is 2.44. The molecule has 0 N–H and O–H groups in total. The lowest BCUT2D eigenvalue weighted by molar-refractivity contribution is 0.130. The first-order valence-corrected chi connectivity index (χ1v) is 9.44. The van der Waals surface area contributed by atoms with Crippen LogP contribution in [0.25, 0.3) is 22.2 Å². The van der Waals surface area contributed by atoms with Gasteiger partial charge >= 0.3 is 0 Å². The molecule has 5 rings (SSSR count). The maximum Gasteiger partial charge on any atom is 0.111 e. The molecule has 4 heteroatoms. The Labute approximate surface area is 148 Å². The highest BCUT2D eigenvalue weighted by molar-refractivity contribution is 5.82. The second-order valence-electron chi connectivity index (χ2n) is 7.44. The van der Waals surface area contributed by atoms with Crippen LogP contribution in [-0.2, 0) is 13.0 Å². The predicted octanol–water partition coefficient (Wildman–Crippen LogP) is 3.82. The van der Waals surface area contributed by atoms with Crippen molar-refractivity contribution < 1.29 is 0 Å². The number of imidazole rings is 1. The third kappa shape index (κ3) is 2.65. The summed E-state index contributed by atoms with van der Waals surface area (Å²) in [6, 6.07) is 11.7. The van der Waals surface area contributed by atoms with Gasteiger partial charge in [-0.3, -0.25) is 9.88 Å². The quantitative estimate of drug-likeness (QED) is 0.715. The van der Waals surface area contributed by atoms with Crippen LogP contribution < -0.4 is 0 Å². The van der Waals surface area contributed by atoms with Crippen molar-refractivity contribution in [3.63, 3.8) is 0 Å². The molecule has 0 amide bonds. The summed E-state index contributed by atoms with van der Waals surface area (Å²) in [4.78, 5) is 12.0. The van der Waals surface area contributed by atoms with Crippen molar-refractivity contribution in [3.05, 3.63) is 48.0 Å². The lowest BCUT2D eigenvalue weighted by atomic mass is 9.91. The molecule has 1 aliphatic carbocycles. The van der Waals surface area contributed by atoms with Gasteiger partial charge in [-0.2, -0.15) is 0 Å². The molecule has 1 aliphatic heterocycles. The number of pyridine rings is 1. The predicted molar refractivity (Wildman–Crippen MR) is 101 cm³/mol. The number of fused-ring (bicyclic) bond motifs is 3. The molecule has 1 aromatic carbocycles. The lowest BCUT2D eigenvalue weighted by Gasteiger charge is -2.36. The van der Waals surface area contributed by atoms with Crippen LogP contribution in [0.5, 0.6) is 0 Å². The smallest absolute Gasteiger partial charge is 0.111 e. The molecule has 128 valence electrons. The summed E-state index contributed by atoms with van der Waals surface area (Å²) in [5, 5.41) is 0. The second kappa shape index (κ2) is 5.95. The number of benzene rings is 1. The van der Waals surface area contributed by atoms with Crippen molar-refractivity contribution in [2.75, 3.05) is 13.1 Å². The first kappa shape index (κ1) is 15.1. The van der Waals surface area contributed by atoms with Gasteiger partial charge < -0.3 is 4.57 Å². The summed E-state index contributed by atoms with van der Waals surface area (Å²) in [7, 11) is 0.